The fourth-order valence-corrected chi connectivity index (χ4v) is 3.60. The Bertz CT molecular complexity index is 308. The molecule has 0 saturated heterocycles. The van der Waals surface area contributed by atoms with Gasteiger partial charge in [0.2, 0.25) is 0 Å². The first kappa shape index (κ1) is 9.20. The van der Waals surface area contributed by atoms with Crippen molar-refractivity contribution in [1.82, 2.24) is 4.98 Å². The quantitative estimate of drug-likeness (QED) is 0.667. The molecular formula is C11H17NS. The summed E-state index contributed by atoms with van der Waals surface area (Å²) in [6.07, 6.45) is 5.50. The van der Waals surface area contributed by atoms with E-state index in [0.717, 1.165) is 0 Å². The predicted octanol–water partition coefficient (Wildman–Crippen LogP) is 3.59. The molecule has 0 aliphatic heterocycles. The first-order chi connectivity index (χ1) is 6.12. The van der Waals surface area contributed by atoms with Crippen LogP contribution in [0.1, 0.15) is 48.2 Å². The zero-order valence-corrected chi connectivity index (χ0v) is 9.50. The highest BCUT2D eigenvalue weighted by Gasteiger charge is 2.33. The van der Waals surface area contributed by atoms with E-state index in [-0.39, 0.29) is 0 Å². The summed E-state index contributed by atoms with van der Waals surface area (Å²) in [5.74, 6) is 0. The molecule has 0 N–H and O–H groups in total. The zero-order valence-electron chi connectivity index (χ0n) is 8.68. The topological polar surface area (TPSA) is 12.9 Å². The minimum Gasteiger partial charge on any atom is -0.247 e. The Morgan fingerprint density at radius 3 is 2.31 bits per heavy atom. The van der Waals surface area contributed by atoms with E-state index in [9.17, 15) is 0 Å². The van der Waals surface area contributed by atoms with Gasteiger partial charge in [-0.2, -0.15) is 0 Å². The molecule has 0 radical (unpaired) electrons. The van der Waals surface area contributed by atoms with Crippen LogP contribution < -0.4 is 0 Å². The third kappa shape index (κ3) is 1.52. The second kappa shape index (κ2) is 3.09. The van der Waals surface area contributed by atoms with Crippen LogP contribution in [0.2, 0.25) is 0 Å². The van der Waals surface area contributed by atoms with Crippen molar-refractivity contribution in [1.29, 1.82) is 0 Å². The van der Waals surface area contributed by atoms with Crippen LogP contribution in [0.3, 0.4) is 0 Å². The minimum absolute atomic E-state index is 0.454. The van der Waals surface area contributed by atoms with Crippen LogP contribution in [0.25, 0.3) is 0 Å². The standard InChI is InChI=1S/C11H17NS/c1-8-10(13-9(2)12-8)11(3)6-4-5-7-11/h4-7H2,1-3H3. The van der Waals surface area contributed by atoms with Crippen molar-refractivity contribution >= 4 is 11.3 Å². The summed E-state index contributed by atoms with van der Waals surface area (Å²) in [4.78, 5) is 6.06. The Hall–Kier alpha value is -0.370. The molecule has 1 aliphatic rings. The Morgan fingerprint density at radius 1 is 1.23 bits per heavy atom. The lowest BCUT2D eigenvalue weighted by molar-refractivity contribution is 0.498. The fraction of sp³-hybridized carbons (Fsp3) is 0.727. The number of aryl methyl sites for hydroxylation is 2. The van der Waals surface area contributed by atoms with Crippen molar-refractivity contribution in [3.05, 3.63) is 15.6 Å². The lowest BCUT2D eigenvalue weighted by atomic mass is 9.86. The van der Waals surface area contributed by atoms with Gasteiger partial charge < -0.3 is 0 Å². The predicted molar refractivity (Wildman–Crippen MR) is 57.4 cm³/mol. The summed E-state index contributed by atoms with van der Waals surface area (Å²) < 4.78 is 0. The van der Waals surface area contributed by atoms with E-state index in [4.69, 9.17) is 0 Å². The van der Waals surface area contributed by atoms with Crippen LogP contribution in [-0.2, 0) is 5.41 Å². The molecule has 13 heavy (non-hydrogen) atoms. The van der Waals surface area contributed by atoms with Gasteiger partial charge >= 0.3 is 0 Å². The van der Waals surface area contributed by atoms with Crippen LogP contribution in [0.4, 0.5) is 0 Å². The average Bonchev–Trinajstić information content (AvgIpc) is 2.59. The molecular weight excluding hydrogens is 178 g/mol. The summed E-state index contributed by atoms with van der Waals surface area (Å²) in [5, 5.41) is 1.22. The van der Waals surface area contributed by atoms with Crippen LogP contribution >= 0.6 is 11.3 Å². The Labute approximate surface area is 84.2 Å². The van der Waals surface area contributed by atoms with Crippen molar-refractivity contribution in [2.24, 2.45) is 0 Å². The monoisotopic (exact) mass is 195 g/mol. The van der Waals surface area contributed by atoms with Gasteiger partial charge in [0, 0.05) is 10.3 Å². The summed E-state index contributed by atoms with van der Waals surface area (Å²) in [6, 6.07) is 0. The molecule has 1 nitrogen and oxygen atoms in total. The molecule has 1 saturated carbocycles. The molecule has 0 amide bonds. The highest BCUT2D eigenvalue weighted by atomic mass is 32.1. The minimum atomic E-state index is 0.454. The largest absolute Gasteiger partial charge is 0.247 e. The Balaban J connectivity index is 2.38. The van der Waals surface area contributed by atoms with Crippen LogP contribution in [0, 0.1) is 13.8 Å². The molecule has 0 spiro atoms. The average molecular weight is 195 g/mol. The summed E-state index contributed by atoms with van der Waals surface area (Å²) in [7, 11) is 0. The van der Waals surface area contributed by atoms with E-state index in [0.29, 0.717) is 5.41 Å². The van der Waals surface area contributed by atoms with E-state index in [1.165, 1.54) is 36.4 Å². The second-order valence-electron chi connectivity index (χ2n) is 4.42. The molecule has 0 unspecified atom stereocenters. The van der Waals surface area contributed by atoms with Gasteiger partial charge in [-0.05, 0) is 26.7 Å². The molecule has 2 rings (SSSR count). The van der Waals surface area contributed by atoms with Gasteiger partial charge in [-0.25, -0.2) is 4.98 Å². The third-order valence-corrected chi connectivity index (χ3v) is 4.54. The van der Waals surface area contributed by atoms with Crippen molar-refractivity contribution in [3.63, 3.8) is 0 Å². The molecule has 1 aromatic heterocycles. The van der Waals surface area contributed by atoms with E-state index in [1.807, 2.05) is 11.3 Å². The van der Waals surface area contributed by atoms with Crippen LogP contribution in [-0.4, -0.2) is 4.98 Å². The van der Waals surface area contributed by atoms with Crippen LogP contribution in [0.5, 0.6) is 0 Å². The number of rotatable bonds is 1. The van der Waals surface area contributed by atoms with E-state index in [2.05, 4.69) is 25.8 Å². The number of hydrogen-bond acceptors (Lipinski definition) is 2. The van der Waals surface area contributed by atoms with Crippen molar-refractivity contribution in [2.45, 2.75) is 51.9 Å². The first-order valence-corrected chi connectivity index (χ1v) is 5.88. The number of hydrogen-bond donors (Lipinski definition) is 0. The van der Waals surface area contributed by atoms with Gasteiger partial charge in [0.15, 0.2) is 0 Å². The molecule has 2 heteroatoms. The maximum atomic E-state index is 4.52. The molecule has 0 atom stereocenters. The summed E-state index contributed by atoms with van der Waals surface area (Å²) in [6.45, 7) is 6.67. The van der Waals surface area contributed by atoms with Crippen molar-refractivity contribution in [3.8, 4) is 0 Å². The second-order valence-corrected chi connectivity index (χ2v) is 5.62. The van der Waals surface area contributed by atoms with Gasteiger partial charge in [0.1, 0.15) is 0 Å². The fourth-order valence-electron chi connectivity index (χ4n) is 2.47. The SMILES string of the molecule is Cc1nc(C)c(C2(C)CCCC2)s1. The lowest BCUT2D eigenvalue weighted by Crippen LogP contribution is -2.16. The Morgan fingerprint density at radius 2 is 1.85 bits per heavy atom. The van der Waals surface area contributed by atoms with E-state index in [1.54, 1.807) is 4.88 Å². The zero-order chi connectivity index (χ0) is 9.47. The normalized spacial score (nSPS) is 20.8. The maximum absolute atomic E-state index is 4.52. The van der Waals surface area contributed by atoms with Gasteiger partial charge in [-0.3, -0.25) is 0 Å². The van der Waals surface area contributed by atoms with Crippen molar-refractivity contribution < 1.29 is 0 Å². The molecule has 1 aliphatic carbocycles. The Kier molecular flexibility index (Phi) is 2.18. The third-order valence-electron chi connectivity index (χ3n) is 3.16. The molecule has 0 aromatic carbocycles. The molecule has 0 bridgehead atoms. The summed E-state index contributed by atoms with van der Waals surface area (Å²) in [5.41, 5.74) is 1.72. The highest BCUT2D eigenvalue weighted by molar-refractivity contribution is 7.11. The van der Waals surface area contributed by atoms with Crippen molar-refractivity contribution in [2.75, 3.05) is 0 Å². The smallest absolute Gasteiger partial charge is 0.0900 e. The van der Waals surface area contributed by atoms with Gasteiger partial charge in [-0.1, -0.05) is 19.8 Å². The molecule has 1 fully saturated rings. The van der Waals surface area contributed by atoms with Gasteiger partial charge in [0.05, 0.1) is 10.7 Å². The molecule has 72 valence electrons. The molecule has 1 aromatic rings. The lowest BCUT2D eigenvalue weighted by Gasteiger charge is -2.22. The number of thiazole rings is 1. The first-order valence-electron chi connectivity index (χ1n) is 5.06. The highest BCUT2D eigenvalue weighted by Crippen LogP contribution is 2.44. The number of aromatic nitrogens is 1. The van der Waals surface area contributed by atoms with E-state index >= 15 is 0 Å². The van der Waals surface area contributed by atoms with E-state index < -0.39 is 0 Å². The summed E-state index contributed by atoms with van der Waals surface area (Å²) >= 11 is 1.90. The van der Waals surface area contributed by atoms with Gasteiger partial charge in [0.25, 0.3) is 0 Å². The number of nitrogens with zero attached hydrogens (tertiary/aromatic N) is 1. The van der Waals surface area contributed by atoms with Crippen LogP contribution in [0.15, 0.2) is 0 Å². The molecule has 1 heterocycles. The van der Waals surface area contributed by atoms with Gasteiger partial charge in [-0.15, -0.1) is 11.3 Å². The maximum Gasteiger partial charge on any atom is 0.0900 e.